The zero-order chi connectivity index (χ0) is 10.1. The standard InChI is InChI=1S/C10H15N3O/c1-2-8-5-9(10(11)14)12-13(8)6-7-3-4-7/h5,7H,2-4,6H2,1H3,(H2,11,14). The van der Waals surface area contributed by atoms with Crippen LogP contribution in [0.25, 0.3) is 0 Å². The fourth-order valence-corrected chi connectivity index (χ4v) is 1.56. The molecule has 0 radical (unpaired) electrons. The third-order valence-corrected chi connectivity index (χ3v) is 2.61. The van der Waals surface area contributed by atoms with Crippen LogP contribution in [-0.2, 0) is 13.0 Å². The second-order valence-electron chi connectivity index (χ2n) is 3.86. The van der Waals surface area contributed by atoms with Gasteiger partial charge in [0.05, 0.1) is 0 Å². The lowest BCUT2D eigenvalue weighted by molar-refractivity contribution is 0.0994. The second kappa shape index (κ2) is 3.44. The molecule has 0 saturated heterocycles. The predicted octanol–water partition coefficient (Wildman–Crippen LogP) is 0.954. The van der Waals surface area contributed by atoms with Gasteiger partial charge in [-0.2, -0.15) is 5.10 Å². The topological polar surface area (TPSA) is 60.9 Å². The Balaban J connectivity index is 2.21. The van der Waals surface area contributed by atoms with Gasteiger partial charge < -0.3 is 5.73 Å². The molecule has 4 nitrogen and oxygen atoms in total. The highest BCUT2D eigenvalue weighted by atomic mass is 16.1. The first-order valence-electron chi connectivity index (χ1n) is 5.07. The van der Waals surface area contributed by atoms with Crippen molar-refractivity contribution in [1.82, 2.24) is 9.78 Å². The molecule has 1 heterocycles. The Morgan fingerprint density at radius 1 is 1.71 bits per heavy atom. The summed E-state index contributed by atoms with van der Waals surface area (Å²) >= 11 is 0. The third kappa shape index (κ3) is 1.78. The van der Waals surface area contributed by atoms with Crippen LogP contribution in [0.5, 0.6) is 0 Å². The molecule has 14 heavy (non-hydrogen) atoms. The molecule has 0 bridgehead atoms. The number of primary amides is 1. The Morgan fingerprint density at radius 3 is 2.93 bits per heavy atom. The molecule has 4 heteroatoms. The van der Waals surface area contributed by atoms with E-state index in [9.17, 15) is 4.79 Å². The summed E-state index contributed by atoms with van der Waals surface area (Å²) in [5, 5.41) is 4.20. The fourth-order valence-electron chi connectivity index (χ4n) is 1.56. The maximum Gasteiger partial charge on any atom is 0.269 e. The van der Waals surface area contributed by atoms with Crippen LogP contribution in [0.2, 0.25) is 0 Å². The van der Waals surface area contributed by atoms with Crippen molar-refractivity contribution >= 4 is 5.91 Å². The van der Waals surface area contributed by atoms with Gasteiger partial charge in [0, 0.05) is 12.2 Å². The molecule has 0 spiro atoms. The van der Waals surface area contributed by atoms with Crippen LogP contribution in [0.4, 0.5) is 0 Å². The van der Waals surface area contributed by atoms with Gasteiger partial charge in [0.1, 0.15) is 5.69 Å². The summed E-state index contributed by atoms with van der Waals surface area (Å²) in [6.45, 7) is 3.00. The lowest BCUT2D eigenvalue weighted by Gasteiger charge is -2.02. The molecular weight excluding hydrogens is 178 g/mol. The maximum atomic E-state index is 10.9. The number of nitrogens with zero attached hydrogens (tertiary/aromatic N) is 2. The Labute approximate surface area is 83.1 Å². The van der Waals surface area contributed by atoms with Crippen molar-refractivity contribution in [2.45, 2.75) is 32.7 Å². The van der Waals surface area contributed by atoms with E-state index in [1.54, 1.807) is 6.07 Å². The third-order valence-electron chi connectivity index (χ3n) is 2.61. The number of nitrogens with two attached hydrogens (primary N) is 1. The minimum absolute atomic E-state index is 0.391. The number of hydrogen-bond acceptors (Lipinski definition) is 2. The van der Waals surface area contributed by atoms with Crippen LogP contribution in [0, 0.1) is 5.92 Å². The monoisotopic (exact) mass is 193 g/mol. The van der Waals surface area contributed by atoms with E-state index in [2.05, 4.69) is 12.0 Å². The zero-order valence-electron chi connectivity index (χ0n) is 8.36. The zero-order valence-corrected chi connectivity index (χ0v) is 8.36. The molecule has 0 atom stereocenters. The van der Waals surface area contributed by atoms with Crippen LogP contribution < -0.4 is 5.73 Å². The molecule has 0 aliphatic heterocycles. The molecule has 2 N–H and O–H groups in total. The fraction of sp³-hybridized carbons (Fsp3) is 0.600. The number of carbonyl (C=O) groups is 1. The quantitative estimate of drug-likeness (QED) is 0.774. The van der Waals surface area contributed by atoms with E-state index in [1.165, 1.54) is 12.8 Å². The number of rotatable bonds is 4. The molecule has 1 aromatic heterocycles. The van der Waals surface area contributed by atoms with Crippen LogP contribution in [0.1, 0.15) is 35.9 Å². The summed E-state index contributed by atoms with van der Waals surface area (Å²) in [6, 6.07) is 1.80. The van der Waals surface area contributed by atoms with Gasteiger partial charge in [-0.05, 0) is 31.2 Å². The highest BCUT2D eigenvalue weighted by molar-refractivity contribution is 5.90. The number of carbonyl (C=O) groups excluding carboxylic acids is 1. The Kier molecular flexibility index (Phi) is 2.27. The molecule has 1 aromatic rings. The van der Waals surface area contributed by atoms with E-state index >= 15 is 0 Å². The minimum Gasteiger partial charge on any atom is -0.364 e. The van der Waals surface area contributed by atoms with E-state index in [0.29, 0.717) is 5.69 Å². The van der Waals surface area contributed by atoms with Gasteiger partial charge in [-0.15, -0.1) is 0 Å². The van der Waals surface area contributed by atoms with Crippen molar-refractivity contribution in [1.29, 1.82) is 0 Å². The lowest BCUT2D eigenvalue weighted by Crippen LogP contribution is -2.13. The Morgan fingerprint density at radius 2 is 2.43 bits per heavy atom. The van der Waals surface area contributed by atoms with Crippen molar-refractivity contribution in [2.75, 3.05) is 0 Å². The molecular formula is C10H15N3O. The predicted molar refractivity (Wildman–Crippen MR) is 52.8 cm³/mol. The average molecular weight is 193 g/mol. The first-order valence-corrected chi connectivity index (χ1v) is 5.07. The molecule has 1 aliphatic rings. The molecule has 0 unspecified atom stereocenters. The van der Waals surface area contributed by atoms with Crippen LogP contribution >= 0.6 is 0 Å². The summed E-state index contributed by atoms with van der Waals surface area (Å²) < 4.78 is 1.93. The van der Waals surface area contributed by atoms with Gasteiger partial charge in [0.15, 0.2) is 0 Å². The summed E-state index contributed by atoms with van der Waals surface area (Å²) in [5.41, 5.74) is 6.68. The molecule has 0 aromatic carbocycles. The summed E-state index contributed by atoms with van der Waals surface area (Å²) in [5.74, 6) is 0.329. The van der Waals surface area contributed by atoms with Crippen molar-refractivity contribution < 1.29 is 4.79 Å². The van der Waals surface area contributed by atoms with Gasteiger partial charge in [0.25, 0.3) is 5.91 Å². The molecule has 1 saturated carbocycles. The van der Waals surface area contributed by atoms with Crippen molar-refractivity contribution in [3.63, 3.8) is 0 Å². The van der Waals surface area contributed by atoms with Gasteiger partial charge in [0.2, 0.25) is 0 Å². The van der Waals surface area contributed by atoms with Crippen LogP contribution in [0.3, 0.4) is 0 Å². The van der Waals surface area contributed by atoms with Crippen molar-refractivity contribution in [3.8, 4) is 0 Å². The average Bonchev–Trinajstić information content (AvgIpc) is 2.84. The lowest BCUT2D eigenvalue weighted by atomic mass is 10.3. The molecule has 2 rings (SSSR count). The van der Waals surface area contributed by atoms with Gasteiger partial charge >= 0.3 is 0 Å². The highest BCUT2D eigenvalue weighted by Crippen LogP contribution is 2.30. The summed E-state index contributed by atoms with van der Waals surface area (Å²) in [7, 11) is 0. The molecule has 76 valence electrons. The number of amides is 1. The highest BCUT2D eigenvalue weighted by Gasteiger charge is 2.23. The smallest absolute Gasteiger partial charge is 0.269 e. The largest absolute Gasteiger partial charge is 0.364 e. The molecule has 1 amide bonds. The normalized spacial score (nSPS) is 15.8. The Bertz CT molecular complexity index is 352. The molecule has 1 fully saturated rings. The molecule has 1 aliphatic carbocycles. The number of aryl methyl sites for hydroxylation is 1. The summed E-state index contributed by atoms with van der Waals surface area (Å²) in [6.07, 6.45) is 3.47. The van der Waals surface area contributed by atoms with Crippen molar-refractivity contribution in [3.05, 3.63) is 17.5 Å². The van der Waals surface area contributed by atoms with Gasteiger partial charge in [-0.1, -0.05) is 6.92 Å². The van der Waals surface area contributed by atoms with E-state index in [-0.39, 0.29) is 0 Å². The summed E-state index contributed by atoms with van der Waals surface area (Å²) in [4.78, 5) is 10.9. The van der Waals surface area contributed by atoms with E-state index < -0.39 is 5.91 Å². The van der Waals surface area contributed by atoms with Crippen molar-refractivity contribution in [2.24, 2.45) is 11.7 Å². The number of aromatic nitrogens is 2. The first kappa shape index (κ1) is 9.24. The SMILES string of the molecule is CCc1cc(C(N)=O)nn1CC1CC1. The van der Waals surface area contributed by atoms with E-state index in [1.807, 2.05) is 4.68 Å². The first-order chi connectivity index (χ1) is 6.70. The van der Waals surface area contributed by atoms with Crippen LogP contribution in [-0.4, -0.2) is 15.7 Å². The van der Waals surface area contributed by atoms with E-state index in [0.717, 1.165) is 24.6 Å². The van der Waals surface area contributed by atoms with Gasteiger partial charge in [-0.25, -0.2) is 0 Å². The maximum absolute atomic E-state index is 10.9. The van der Waals surface area contributed by atoms with E-state index in [4.69, 9.17) is 5.73 Å². The number of hydrogen-bond donors (Lipinski definition) is 1. The minimum atomic E-state index is -0.436. The van der Waals surface area contributed by atoms with Crippen LogP contribution in [0.15, 0.2) is 6.07 Å². The Hall–Kier alpha value is -1.32. The van der Waals surface area contributed by atoms with Gasteiger partial charge in [-0.3, -0.25) is 9.48 Å². The second-order valence-corrected chi connectivity index (χ2v) is 3.86.